The third-order valence-corrected chi connectivity index (χ3v) is 2.47. The molecule has 1 heterocycles. The summed E-state index contributed by atoms with van der Waals surface area (Å²) >= 11 is 0. The van der Waals surface area contributed by atoms with Crippen LogP contribution in [0.3, 0.4) is 0 Å². The molecule has 1 aromatic carbocycles. The van der Waals surface area contributed by atoms with E-state index in [1.165, 1.54) is 0 Å². The molecule has 0 fully saturated rings. The molecule has 0 saturated heterocycles. The fourth-order valence-electron chi connectivity index (χ4n) is 1.64. The number of methoxy groups -OCH3 is 1. The molecule has 0 radical (unpaired) electrons. The van der Waals surface area contributed by atoms with Crippen molar-refractivity contribution in [3.63, 3.8) is 0 Å². The molecule has 2 aromatic rings. The topological polar surface area (TPSA) is 106 Å². The highest BCUT2D eigenvalue weighted by atomic mass is 16.5. The molecule has 0 aliphatic rings. The van der Waals surface area contributed by atoms with Gasteiger partial charge in [0.15, 0.2) is 0 Å². The third-order valence-electron chi connectivity index (χ3n) is 2.47. The number of H-pyrrole nitrogens is 1. The van der Waals surface area contributed by atoms with Gasteiger partial charge in [0.05, 0.1) is 6.61 Å². The molecule has 0 saturated carbocycles. The Bertz CT molecular complexity index is 567. The summed E-state index contributed by atoms with van der Waals surface area (Å²) in [5.74, 6) is -0.195. The molecule has 0 unspecified atom stereocenters. The monoisotopic (exact) mass is 261 g/mol. The van der Waals surface area contributed by atoms with E-state index in [0.717, 1.165) is 11.1 Å². The highest BCUT2D eigenvalue weighted by Crippen LogP contribution is 2.06. The lowest BCUT2D eigenvalue weighted by molar-refractivity contribution is 0.0941. The van der Waals surface area contributed by atoms with Crippen LogP contribution in [0, 0.1) is 0 Å². The minimum atomic E-state index is -0.346. The molecular weight excluding hydrogens is 246 g/mol. The van der Waals surface area contributed by atoms with E-state index in [9.17, 15) is 4.79 Å². The molecule has 19 heavy (non-hydrogen) atoms. The highest BCUT2D eigenvalue weighted by molar-refractivity contribution is 5.90. The van der Waals surface area contributed by atoms with E-state index in [1.807, 2.05) is 24.3 Å². The van der Waals surface area contributed by atoms with Crippen molar-refractivity contribution in [1.82, 2.24) is 20.5 Å². The van der Waals surface area contributed by atoms with Gasteiger partial charge in [-0.15, -0.1) is 5.10 Å². The molecule has 0 spiro atoms. The molecule has 1 amide bonds. The van der Waals surface area contributed by atoms with Crippen molar-refractivity contribution in [1.29, 1.82) is 0 Å². The molecule has 1 aromatic heterocycles. The van der Waals surface area contributed by atoms with E-state index in [1.54, 1.807) is 7.11 Å². The van der Waals surface area contributed by atoms with E-state index in [4.69, 9.17) is 10.5 Å². The summed E-state index contributed by atoms with van der Waals surface area (Å²) in [5.41, 5.74) is 7.37. The highest BCUT2D eigenvalue weighted by Gasteiger charge is 2.09. The summed E-state index contributed by atoms with van der Waals surface area (Å²) in [5, 5.41) is 8.78. The van der Waals surface area contributed by atoms with Gasteiger partial charge in [-0.3, -0.25) is 9.89 Å². The van der Waals surface area contributed by atoms with Gasteiger partial charge in [0.2, 0.25) is 11.8 Å². The number of ether oxygens (including phenoxy) is 1. The number of aromatic amines is 1. The molecule has 0 aliphatic carbocycles. The first-order valence-corrected chi connectivity index (χ1v) is 5.72. The van der Waals surface area contributed by atoms with Gasteiger partial charge in [-0.05, 0) is 11.1 Å². The summed E-state index contributed by atoms with van der Waals surface area (Å²) < 4.78 is 5.06. The maximum atomic E-state index is 11.7. The summed E-state index contributed by atoms with van der Waals surface area (Å²) in [6, 6.07) is 7.78. The van der Waals surface area contributed by atoms with Crippen LogP contribution in [-0.2, 0) is 17.9 Å². The second-order valence-corrected chi connectivity index (χ2v) is 3.98. The number of benzene rings is 1. The van der Waals surface area contributed by atoms with Gasteiger partial charge < -0.3 is 15.8 Å². The van der Waals surface area contributed by atoms with Crippen LogP contribution in [0.15, 0.2) is 24.3 Å². The maximum Gasteiger partial charge on any atom is 0.288 e. The zero-order valence-corrected chi connectivity index (χ0v) is 10.5. The third kappa shape index (κ3) is 3.52. The fraction of sp³-hybridized carbons (Fsp3) is 0.250. The largest absolute Gasteiger partial charge is 0.380 e. The number of nitrogen functional groups attached to an aromatic ring is 1. The molecule has 7 heteroatoms. The number of hydrogen-bond donors (Lipinski definition) is 3. The van der Waals surface area contributed by atoms with Crippen molar-refractivity contribution in [2.75, 3.05) is 12.8 Å². The fourth-order valence-corrected chi connectivity index (χ4v) is 1.64. The van der Waals surface area contributed by atoms with Crippen molar-refractivity contribution in [3.8, 4) is 0 Å². The smallest absolute Gasteiger partial charge is 0.288 e. The van der Waals surface area contributed by atoms with Gasteiger partial charge >= 0.3 is 0 Å². The number of nitrogens with two attached hydrogens (primary N) is 1. The number of carbonyl (C=O) groups excluding carboxylic acids is 1. The summed E-state index contributed by atoms with van der Waals surface area (Å²) in [4.78, 5) is 15.5. The van der Waals surface area contributed by atoms with E-state index in [0.29, 0.717) is 13.2 Å². The van der Waals surface area contributed by atoms with Gasteiger partial charge in [0, 0.05) is 13.7 Å². The first-order chi connectivity index (χ1) is 9.19. The Labute approximate surface area is 110 Å². The average molecular weight is 261 g/mol. The van der Waals surface area contributed by atoms with E-state index in [2.05, 4.69) is 20.5 Å². The van der Waals surface area contributed by atoms with Crippen LogP contribution in [0.1, 0.15) is 21.7 Å². The molecule has 7 nitrogen and oxygen atoms in total. The molecular formula is C12H15N5O2. The normalized spacial score (nSPS) is 10.4. The van der Waals surface area contributed by atoms with Crippen molar-refractivity contribution in [2.24, 2.45) is 0 Å². The van der Waals surface area contributed by atoms with Crippen LogP contribution >= 0.6 is 0 Å². The van der Waals surface area contributed by atoms with Crippen LogP contribution in [0.25, 0.3) is 0 Å². The Kier molecular flexibility index (Phi) is 4.09. The lowest BCUT2D eigenvalue weighted by atomic mass is 10.1. The van der Waals surface area contributed by atoms with Crippen molar-refractivity contribution in [2.45, 2.75) is 13.2 Å². The Balaban J connectivity index is 1.95. The van der Waals surface area contributed by atoms with E-state index in [-0.39, 0.29) is 17.7 Å². The molecule has 0 atom stereocenters. The molecule has 4 N–H and O–H groups in total. The van der Waals surface area contributed by atoms with Crippen LogP contribution in [0.5, 0.6) is 0 Å². The molecule has 0 bridgehead atoms. The van der Waals surface area contributed by atoms with Gasteiger partial charge in [-0.25, -0.2) is 0 Å². The van der Waals surface area contributed by atoms with E-state index >= 15 is 0 Å². The molecule has 0 aliphatic heterocycles. The molecule has 2 rings (SSSR count). The molecule has 100 valence electrons. The Morgan fingerprint density at radius 2 is 2.26 bits per heavy atom. The Morgan fingerprint density at radius 1 is 1.47 bits per heavy atom. The standard InChI is InChI=1S/C12H15N5O2/c1-19-7-9-4-2-3-8(5-9)6-14-11(18)10-15-12(13)17-16-10/h2-5H,6-7H2,1H3,(H,14,18)(H3,13,15,16,17). The summed E-state index contributed by atoms with van der Waals surface area (Å²) in [6.07, 6.45) is 0. The second kappa shape index (κ2) is 5.96. The van der Waals surface area contributed by atoms with Crippen molar-refractivity contribution in [3.05, 3.63) is 41.2 Å². The second-order valence-electron chi connectivity index (χ2n) is 3.98. The maximum absolute atomic E-state index is 11.7. The first kappa shape index (κ1) is 13.0. The van der Waals surface area contributed by atoms with Gasteiger partial charge in [0.25, 0.3) is 5.91 Å². The number of anilines is 1. The predicted octanol–water partition coefficient (Wildman–Crippen LogP) is 0.463. The summed E-state index contributed by atoms with van der Waals surface area (Å²) in [6.45, 7) is 0.942. The zero-order valence-electron chi connectivity index (χ0n) is 10.5. The van der Waals surface area contributed by atoms with Crippen molar-refractivity contribution < 1.29 is 9.53 Å². The van der Waals surface area contributed by atoms with Crippen LogP contribution in [0.2, 0.25) is 0 Å². The number of nitrogens with zero attached hydrogens (tertiary/aromatic N) is 2. The Morgan fingerprint density at radius 3 is 2.95 bits per heavy atom. The number of nitrogens with one attached hydrogen (secondary N) is 2. The minimum Gasteiger partial charge on any atom is -0.380 e. The number of carbonyl (C=O) groups is 1. The lowest BCUT2D eigenvalue weighted by Crippen LogP contribution is -2.24. The predicted molar refractivity (Wildman–Crippen MR) is 69.1 cm³/mol. The van der Waals surface area contributed by atoms with Crippen molar-refractivity contribution >= 4 is 11.9 Å². The van der Waals surface area contributed by atoms with Gasteiger partial charge in [-0.1, -0.05) is 24.3 Å². The van der Waals surface area contributed by atoms with Gasteiger partial charge in [0.1, 0.15) is 0 Å². The SMILES string of the molecule is COCc1cccc(CNC(=O)c2nc(N)n[nH]2)c1. The number of amides is 1. The minimum absolute atomic E-state index is 0.0484. The van der Waals surface area contributed by atoms with Gasteiger partial charge in [-0.2, -0.15) is 4.98 Å². The van der Waals surface area contributed by atoms with E-state index < -0.39 is 0 Å². The summed E-state index contributed by atoms with van der Waals surface area (Å²) in [7, 11) is 1.64. The van der Waals surface area contributed by atoms with Crippen LogP contribution in [0.4, 0.5) is 5.95 Å². The lowest BCUT2D eigenvalue weighted by Gasteiger charge is -2.05. The zero-order chi connectivity index (χ0) is 13.7. The number of aromatic nitrogens is 3. The van der Waals surface area contributed by atoms with Crippen LogP contribution in [-0.4, -0.2) is 28.2 Å². The van der Waals surface area contributed by atoms with Crippen LogP contribution < -0.4 is 11.1 Å². The first-order valence-electron chi connectivity index (χ1n) is 5.72. The Hall–Kier alpha value is -2.41. The number of hydrogen-bond acceptors (Lipinski definition) is 5. The quantitative estimate of drug-likeness (QED) is 0.725. The average Bonchev–Trinajstić information content (AvgIpc) is 2.84. The number of rotatable bonds is 5.